The second-order valence-corrected chi connectivity index (χ2v) is 3.03. The molecule has 3 heteroatoms. The maximum absolute atomic E-state index is 13.3. The Kier molecular flexibility index (Phi) is 1.65. The molecular formula is C10H8FNO. The van der Waals surface area contributed by atoms with E-state index in [4.69, 9.17) is 0 Å². The molecule has 0 bridgehead atoms. The lowest BCUT2D eigenvalue weighted by Gasteiger charge is -1.99. The minimum atomic E-state index is -0.382. The summed E-state index contributed by atoms with van der Waals surface area (Å²) in [5.41, 5.74) is 0.838. The molecule has 0 aliphatic carbocycles. The second kappa shape index (κ2) is 2.69. The van der Waals surface area contributed by atoms with Crippen LogP contribution < -0.4 is 5.56 Å². The Morgan fingerprint density at radius 1 is 1.31 bits per heavy atom. The van der Waals surface area contributed by atoms with Crippen molar-refractivity contribution in [3.63, 3.8) is 0 Å². The van der Waals surface area contributed by atoms with E-state index in [2.05, 4.69) is 4.98 Å². The van der Waals surface area contributed by atoms with E-state index >= 15 is 0 Å². The van der Waals surface area contributed by atoms with Crippen LogP contribution in [0.5, 0.6) is 0 Å². The third-order valence-electron chi connectivity index (χ3n) is 1.93. The van der Waals surface area contributed by atoms with Gasteiger partial charge < -0.3 is 4.98 Å². The zero-order valence-electron chi connectivity index (χ0n) is 7.10. The first-order chi connectivity index (χ1) is 6.16. The van der Waals surface area contributed by atoms with E-state index in [1.165, 1.54) is 12.1 Å². The summed E-state index contributed by atoms with van der Waals surface area (Å²) in [6, 6.07) is 6.23. The fourth-order valence-electron chi connectivity index (χ4n) is 1.36. The SMILES string of the molecule is Cc1cc(F)c2[nH]c(=O)ccc2c1. The molecule has 0 radical (unpaired) electrons. The average molecular weight is 177 g/mol. The molecule has 1 aromatic carbocycles. The molecule has 1 heterocycles. The van der Waals surface area contributed by atoms with Crippen molar-refractivity contribution < 1.29 is 4.39 Å². The van der Waals surface area contributed by atoms with Crippen LogP contribution in [0.15, 0.2) is 29.1 Å². The van der Waals surface area contributed by atoms with Crippen molar-refractivity contribution in [3.8, 4) is 0 Å². The number of aromatic nitrogens is 1. The van der Waals surface area contributed by atoms with Gasteiger partial charge in [-0.25, -0.2) is 4.39 Å². The molecule has 0 amide bonds. The summed E-state index contributed by atoms with van der Waals surface area (Å²) >= 11 is 0. The highest BCUT2D eigenvalue weighted by atomic mass is 19.1. The van der Waals surface area contributed by atoms with Crippen molar-refractivity contribution in [1.29, 1.82) is 0 Å². The Morgan fingerprint density at radius 3 is 2.85 bits per heavy atom. The van der Waals surface area contributed by atoms with Crippen LogP contribution in [0.2, 0.25) is 0 Å². The van der Waals surface area contributed by atoms with Gasteiger partial charge in [0.1, 0.15) is 5.82 Å². The predicted molar refractivity (Wildman–Crippen MR) is 49.3 cm³/mol. The van der Waals surface area contributed by atoms with Gasteiger partial charge in [0.25, 0.3) is 0 Å². The van der Waals surface area contributed by atoms with Crippen LogP contribution in [0.1, 0.15) is 5.56 Å². The van der Waals surface area contributed by atoms with Crippen LogP contribution in [0.4, 0.5) is 4.39 Å². The van der Waals surface area contributed by atoms with Gasteiger partial charge in [-0.3, -0.25) is 4.79 Å². The van der Waals surface area contributed by atoms with Gasteiger partial charge in [-0.2, -0.15) is 0 Å². The van der Waals surface area contributed by atoms with Gasteiger partial charge in [0.05, 0.1) is 5.52 Å². The van der Waals surface area contributed by atoms with E-state index in [0.29, 0.717) is 0 Å². The van der Waals surface area contributed by atoms with Crippen molar-refractivity contribution in [2.24, 2.45) is 0 Å². The number of hydrogen-bond donors (Lipinski definition) is 1. The number of aryl methyl sites for hydroxylation is 1. The van der Waals surface area contributed by atoms with Gasteiger partial charge in [-0.05, 0) is 30.7 Å². The van der Waals surface area contributed by atoms with E-state index in [0.717, 1.165) is 10.9 Å². The van der Waals surface area contributed by atoms with Crippen LogP contribution in [0.3, 0.4) is 0 Å². The average Bonchev–Trinajstić information content (AvgIpc) is 2.06. The van der Waals surface area contributed by atoms with E-state index < -0.39 is 0 Å². The molecule has 0 atom stereocenters. The third-order valence-corrected chi connectivity index (χ3v) is 1.93. The molecule has 0 aliphatic heterocycles. The molecule has 0 spiro atoms. The topological polar surface area (TPSA) is 32.9 Å². The molecule has 1 aromatic heterocycles. The smallest absolute Gasteiger partial charge is 0.248 e. The second-order valence-electron chi connectivity index (χ2n) is 3.03. The van der Waals surface area contributed by atoms with E-state index in [1.807, 2.05) is 13.0 Å². The van der Waals surface area contributed by atoms with Crippen LogP contribution >= 0.6 is 0 Å². The van der Waals surface area contributed by atoms with Crippen LogP contribution in [0.25, 0.3) is 10.9 Å². The van der Waals surface area contributed by atoms with Gasteiger partial charge in [0.15, 0.2) is 0 Å². The molecule has 0 aliphatic rings. The molecule has 2 aromatic rings. The van der Waals surface area contributed by atoms with E-state index in [-0.39, 0.29) is 16.9 Å². The van der Waals surface area contributed by atoms with Gasteiger partial charge in [0.2, 0.25) is 5.56 Å². The van der Waals surface area contributed by atoms with Crippen LogP contribution in [-0.2, 0) is 0 Å². The summed E-state index contributed by atoms with van der Waals surface area (Å²) in [6.45, 7) is 1.81. The van der Waals surface area contributed by atoms with Crippen molar-refractivity contribution in [3.05, 3.63) is 46.0 Å². The molecule has 0 saturated carbocycles. The molecular weight excluding hydrogens is 169 g/mol. The highest BCUT2D eigenvalue weighted by Gasteiger charge is 2.01. The lowest BCUT2D eigenvalue weighted by molar-refractivity contribution is 0.635. The molecule has 66 valence electrons. The molecule has 13 heavy (non-hydrogen) atoms. The largest absolute Gasteiger partial charge is 0.319 e. The van der Waals surface area contributed by atoms with E-state index in [9.17, 15) is 9.18 Å². The highest BCUT2D eigenvalue weighted by molar-refractivity contribution is 5.79. The quantitative estimate of drug-likeness (QED) is 0.655. The maximum atomic E-state index is 13.3. The minimum absolute atomic E-state index is 0.276. The molecule has 0 unspecified atom stereocenters. The van der Waals surface area contributed by atoms with Gasteiger partial charge in [0, 0.05) is 11.5 Å². The number of fused-ring (bicyclic) bond motifs is 1. The lowest BCUT2D eigenvalue weighted by Crippen LogP contribution is -2.03. The van der Waals surface area contributed by atoms with Gasteiger partial charge in [-0.15, -0.1) is 0 Å². The van der Waals surface area contributed by atoms with Crippen LogP contribution in [0, 0.1) is 12.7 Å². The summed E-state index contributed by atoms with van der Waals surface area (Å²) in [7, 11) is 0. The van der Waals surface area contributed by atoms with Crippen molar-refractivity contribution in [1.82, 2.24) is 4.98 Å². The Hall–Kier alpha value is -1.64. The number of nitrogens with one attached hydrogen (secondary N) is 1. The van der Waals surface area contributed by atoms with Crippen molar-refractivity contribution in [2.75, 3.05) is 0 Å². The first-order valence-corrected chi connectivity index (χ1v) is 3.96. The highest BCUT2D eigenvalue weighted by Crippen LogP contribution is 2.15. The number of hydrogen-bond acceptors (Lipinski definition) is 1. The lowest BCUT2D eigenvalue weighted by atomic mass is 10.1. The number of benzene rings is 1. The van der Waals surface area contributed by atoms with Crippen LogP contribution in [-0.4, -0.2) is 4.98 Å². The van der Waals surface area contributed by atoms with Gasteiger partial charge in [-0.1, -0.05) is 0 Å². The van der Waals surface area contributed by atoms with Crippen molar-refractivity contribution in [2.45, 2.75) is 6.92 Å². The third kappa shape index (κ3) is 1.33. The summed E-state index contributed by atoms with van der Waals surface area (Å²) < 4.78 is 13.3. The number of H-pyrrole nitrogens is 1. The molecule has 1 N–H and O–H groups in total. The van der Waals surface area contributed by atoms with Crippen molar-refractivity contribution >= 4 is 10.9 Å². The number of halogens is 1. The number of pyridine rings is 1. The van der Waals surface area contributed by atoms with E-state index in [1.54, 1.807) is 6.07 Å². The molecule has 0 fully saturated rings. The summed E-state index contributed by atoms with van der Waals surface area (Å²) in [5.74, 6) is -0.382. The monoisotopic (exact) mass is 177 g/mol. The Balaban J connectivity index is 2.95. The number of rotatable bonds is 0. The number of aromatic amines is 1. The maximum Gasteiger partial charge on any atom is 0.248 e. The van der Waals surface area contributed by atoms with Gasteiger partial charge >= 0.3 is 0 Å². The molecule has 2 rings (SSSR count). The summed E-state index contributed by atoms with van der Waals surface area (Å²) in [6.07, 6.45) is 0. The predicted octanol–water partition coefficient (Wildman–Crippen LogP) is 1.98. The summed E-state index contributed by atoms with van der Waals surface area (Å²) in [4.78, 5) is 13.4. The minimum Gasteiger partial charge on any atom is -0.319 e. The standard InChI is InChI=1S/C10H8FNO/c1-6-4-7-2-3-9(13)12-10(7)8(11)5-6/h2-5H,1H3,(H,12,13). The Labute approximate surface area is 74.0 Å². The summed E-state index contributed by atoms with van der Waals surface area (Å²) in [5, 5.41) is 0.720. The zero-order valence-corrected chi connectivity index (χ0v) is 7.10. The normalized spacial score (nSPS) is 10.6. The Bertz CT molecular complexity index is 516. The Morgan fingerprint density at radius 2 is 2.08 bits per heavy atom. The fraction of sp³-hybridized carbons (Fsp3) is 0.100. The zero-order chi connectivity index (χ0) is 9.42. The first-order valence-electron chi connectivity index (χ1n) is 3.96. The molecule has 0 saturated heterocycles. The fourth-order valence-corrected chi connectivity index (χ4v) is 1.36. The molecule has 2 nitrogen and oxygen atoms in total. The first kappa shape index (κ1) is 7.98.